The zero-order valence-electron chi connectivity index (χ0n) is 15.3. The zero-order chi connectivity index (χ0) is 20.7. The SMILES string of the molecule is CNC(=O)c1cnn(-c2nc(N)c3ncn(C4OC(CO)C(=O)CC4O)c3n2)c1. The molecule has 1 saturated heterocycles. The van der Waals surface area contributed by atoms with E-state index < -0.39 is 30.8 Å². The Morgan fingerprint density at radius 1 is 1.45 bits per heavy atom. The largest absolute Gasteiger partial charge is 0.393 e. The highest BCUT2D eigenvalue weighted by Crippen LogP contribution is 2.29. The van der Waals surface area contributed by atoms with Gasteiger partial charge in [-0.25, -0.2) is 9.67 Å². The number of carbonyl (C=O) groups excluding carboxylic acids is 2. The van der Waals surface area contributed by atoms with E-state index in [1.807, 2.05) is 0 Å². The first-order chi connectivity index (χ1) is 13.9. The van der Waals surface area contributed by atoms with E-state index in [-0.39, 0.29) is 35.3 Å². The number of ether oxygens (including phenoxy) is 1. The number of Topliss-reactive ketones (excluding diaryl/α,β-unsaturated/α-hetero) is 1. The number of nitrogens with two attached hydrogens (primary N) is 1. The monoisotopic (exact) mass is 402 g/mol. The van der Waals surface area contributed by atoms with Crippen LogP contribution in [0.1, 0.15) is 23.0 Å². The molecule has 0 radical (unpaired) electrons. The predicted molar refractivity (Wildman–Crippen MR) is 96.9 cm³/mol. The van der Waals surface area contributed by atoms with Crippen LogP contribution in [0.5, 0.6) is 0 Å². The first-order valence-electron chi connectivity index (χ1n) is 8.67. The minimum absolute atomic E-state index is 0.0563. The lowest BCUT2D eigenvalue weighted by molar-refractivity contribution is -0.177. The van der Waals surface area contributed by atoms with E-state index in [2.05, 4.69) is 25.4 Å². The number of amides is 1. The number of hydrogen-bond acceptors (Lipinski definition) is 10. The maximum Gasteiger partial charge on any atom is 0.254 e. The standard InChI is InChI=1S/C16H18N8O5/c1-18-14(28)7-3-20-24(4-7)16-21-12(17)11-13(22-16)23(6-19-11)15-9(27)2-8(26)10(5-25)29-15/h3-4,6,9-10,15,25,27H,2,5H2,1H3,(H,18,28)(H2,17,21,22). The molecule has 1 fully saturated rings. The van der Waals surface area contributed by atoms with Crippen molar-refractivity contribution in [1.82, 2.24) is 34.6 Å². The molecule has 1 aliphatic heterocycles. The lowest BCUT2D eigenvalue weighted by atomic mass is 10.0. The predicted octanol–water partition coefficient (Wildman–Crippen LogP) is -1.84. The average molecular weight is 402 g/mol. The molecule has 3 unspecified atom stereocenters. The van der Waals surface area contributed by atoms with Gasteiger partial charge in [0.25, 0.3) is 11.9 Å². The van der Waals surface area contributed by atoms with Crippen molar-refractivity contribution in [2.45, 2.75) is 24.9 Å². The van der Waals surface area contributed by atoms with Gasteiger partial charge in [0.2, 0.25) is 0 Å². The maximum absolute atomic E-state index is 11.8. The van der Waals surface area contributed by atoms with Crippen molar-refractivity contribution in [3.8, 4) is 5.95 Å². The Morgan fingerprint density at radius 3 is 2.97 bits per heavy atom. The molecular formula is C16H18N8O5. The van der Waals surface area contributed by atoms with Crippen LogP contribution in [0, 0.1) is 0 Å². The molecule has 3 atom stereocenters. The summed E-state index contributed by atoms with van der Waals surface area (Å²) in [6, 6.07) is 0. The van der Waals surface area contributed by atoms with Gasteiger partial charge in [-0.3, -0.25) is 14.2 Å². The van der Waals surface area contributed by atoms with E-state index in [0.29, 0.717) is 5.56 Å². The summed E-state index contributed by atoms with van der Waals surface area (Å²) in [6.45, 7) is -0.507. The van der Waals surface area contributed by atoms with E-state index in [1.54, 1.807) is 0 Å². The van der Waals surface area contributed by atoms with Gasteiger partial charge < -0.3 is 26.0 Å². The number of rotatable bonds is 4. The Morgan fingerprint density at radius 2 is 2.24 bits per heavy atom. The van der Waals surface area contributed by atoms with E-state index >= 15 is 0 Å². The van der Waals surface area contributed by atoms with E-state index in [9.17, 15) is 19.8 Å². The second-order valence-electron chi connectivity index (χ2n) is 6.42. The van der Waals surface area contributed by atoms with Crippen LogP contribution in [-0.2, 0) is 9.53 Å². The van der Waals surface area contributed by atoms with Crippen molar-refractivity contribution < 1.29 is 24.5 Å². The lowest BCUT2D eigenvalue weighted by Gasteiger charge is -2.32. The van der Waals surface area contributed by atoms with Crippen molar-refractivity contribution in [2.24, 2.45) is 0 Å². The van der Waals surface area contributed by atoms with Gasteiger partial charge in [0.15, 0.2) is 23.5 Å². The Hall–Kier alpha value is -3.42. The first-order valence-corrected chi connectivity index (χ1v) is 8.67. The zero-order valence-corrected chi connectivity index (χ0v) is 15.3. The highest BCUT2D eigenvalue weighted by atomic mass is 16.5. The lowest BCUT2D eigenvalue weighted by Crippen LogP contribution is -2.43. The number of fused-ring (bicyclic) bond motifs is 1. The molecule has 152 valence electrons. The second-order valence-corrected chi connectivity index (χ2v) is 6.42. The van der Waals surface area contributed by atoms with Gasteiger partial charge in [-0.2, -0.15) is 15.1 Å². The van der Waals surface area contributed by atoms with Gasteiger partial charge in [0.05, 0.1) is 24.7 Å². The quantitative estimate of drug-likeness (QED) is 0.387. The van der Waals surface area contributed by atoms with Crippen molar-refractivity contribution in [3.63, 3.8) is 0 Å². The number of aromatic nitrogens is 6. The van der Waals surface area contributed by atoms with Crippen LogP contribution < -0.4 is 11.1 Å². The molecule has 4 rings (SSSR count). The molecule has 1 aliphatic rings. The third kappa shape index (κ3) is 3.20. The van der Waals surface area contributed by atoms with E-state index in [0.717, 1.165) is 0 Å². The molecule has 1 amide bonds. The van der Waals surface area contributed by atoms with Gasteiger partial charge >= 0.3 is 0 Å². The van der Waals surface area contributed by atoms with Crippen LogP contribution in [0.4, 0.5) is 5.82 Å². The van der Waals surface area contributed by atoms with Crippen LogP contribution in [0.2, 0.25) is 0 Å². The molecule has 13 heteroatoms. The van der Waals surface area contributed by atoms with Gasteiger partial charge in [-0.05, 0) is 0 Å². The summed E-state index contributed by atoms with van der Waals surface area (Å²) in [5, 5.41) is 26.2. The van der Waals surface area contributed by atoms with E-state index in [1.165, 1.54) is 35.0 Å². The Balaban J connectivity index is 1.77. The number of nitrogens with one attached hydrogen (secondary N) is 1. The fraction of sp³-hybridized carbons (Fsp3) is 0.375. The number of ketones is 1. The number of hydrogen-bond donors (Lipinski definition) is 4. The minimum Gasteiger partial charge on any atom is -0.393 e. The smallest absolute Gasteiger partial charge is 0.254 e. The van der Waals surface area contributed by atoms with Crippen LogP contribution in [0.3, 0.4) is 0 Å². The normalized spacial score (nSPS) is 22.2. The maximum atomic E-state index is 11.8. The third-order valence-corrected chi connectivity index (χ3v) is 4.56. The molecule has 3 aromatic rings. The van der Waals surface area contributed by atoms with Crippen LogP contribution in [0.25, 0.3) is 17.1 Å². The highest BCUT2D eigenvalue weighted by Gasteiger charge is 2.37. The molecule has 0 bridgehead atoms. The van der Waals surface area contributed by atoms with Crippen LogP contribution in [-0.4, -0.2) is 77.1 Å². The van der Waals surface area contributed by atoms with Crippen LogP contribution >= 0.6 is 0 Å². The molecule has 3 aromatic heterocycles. The molecule has 29 heavy (non-hydrogen) atoms. The summed E-state index contributed by atoms with van der Waals surface area (Å²) in [5.74, 6) is -0.588. The fourth-order valence-electron chi connectivity index (χ4n) is 3.08. The number of nitrogen functional groups attached to an aromatic ring is 1. The second kappa shape index (κ2) is 7.20. The van der Waals surface area contributed by atoms with Gasteiger partial charge in [0, 0.05) is 19.7 Å². The molecule has 5 N–H and O–H groups in total. The Bertz CT molecular complexity index is 1090. The number of anilines is 1. The van der Waals surface area contributed by atoms with Gasteiger partial charge in [0.1, 0.15) is 17.7 Å². The molecule has 0 aliphatic carbocycles. The number of aliphatic hydroxyl groups is 2. The highest BCUT2D eigenvalue weighted by molar-refractivity contribution is 5.93. The average Bonchev–Trinajstić information content (AvgIpc) is 3.35. The number of carbonyl (C=O) groups is 2. The number of nitrogens with zero attached hydrogens (tertiary/aromatic N) is 6. The van der Waals surface area contributed by atoms with Crippen molar-refractivity contribution in [2.75, 3.05) is 19.4 Å². The summed E-state index contributed by atoms with van der Waals surface area (Å²) in [4.78, 5) is 36.3. The Labute approximate surface area is 163 Å². The molecule has 0 spiro atoms. The summed E-state index contributed by atoms with van der Waals surface area (Å²) in [7, 11) is 1.50. The van der Waals surface area contributed by atoms with Crippen molar-refractivity contribution in [3.05, 3.63) is 24.3 Å². The fourth-order valence-corrected chi connectivity index (χ4v) is 3.08. The number of imidazole rings is 1. The van der Waals surface area contributed by atoms with Crippen LogP contribution in [0.15, 0.2) is 18.7 Å². The molecule has 0 saturated carbocycles. The summed E-state index contributed by atoms with van der Waals surface area (Å²) >= 11 is 0. The summed E-state index contributed by atoms with van der Waals surface area (Å²) < 4.78 is 8.24. The third-order valence-electron chi connectivity index (χ3n) is 4.56. The van der Waals surface area contributed by atoms with Crippen molar-refractivity contribution >= 4 is 28.7 Å². The topological polar surface area (TPSA) is 183 Å². The molecule has 0 aromatic carbocycles. The number of aliphatic hydroxyl groups excluding tert-OH is 2. The first kappa shape index (κ1) is 18.9. The molecule has 13 nitrogen and oxygen atoms in total. The Kier molecular flexibility index (Phi) is 4.70. The van der Waals surface area contributed by atoms with E-state index in [4.69, 9.17) is 10.5 Å². The van der Waals surface area contributed by atoms with Gasteiger partial charge in [-0.1, -0.05) is 0 Å². The minimum atomic E-state index is -1.16. The summed E-state index contributed by atoms with van der Waals surface area (Å²) in [5.41, 5.74) is 6.80. The molecule has 4 heterocycles. The van der Waals surface area contributed by atoms with Crippen molar-refractivity contribution in [1.29, 1.82) is 0 Å². The van der Waals surface area contributed by atoms with Gasteiger partial charge in [-0.15, -0.1) is 0 Å². The summed E-state index contributed by atoms with van der Waals surface area (Å²) in [6.07, 6.45) is 0.746. The molecular weight excluding hydrogens is 384 g/mol.